The van der Waals surface area contributed by atoms with Crippen molar-refractivity contribution >= 4 is 51.6 Å². The molecule has 9 heteroatoms. The van der Waals surface area contributed by atoms with Crippen LogP contribution >= 0.6 is 35.3 Å². The summed E-state index contributed by atoms with van der Waals surface area (Å²) in [6.45, 7) is 5.83. The number of thioether (sulfide) groups is 1. The molecule has 0 aliphatic rings. The highest BCUT2D eigenvalue weighted by Crippen LogP contribution is 2.25. The van der Waals surface area contributed by atoms with Gasteiger partial charge in [0.05, 0.1) is 5.75 Å². The summed E-state index contributed by atoms with van der Waals surface area (Å²) >= 11 is 7.98. The monoisotopic (exact) mass is 420 g/mol. The second-order valence-electron chi connectivity index (χ2n) is 6.46. The fourth-order valence-electron chi connectivity index (χ4n) is 2.56. The molecule has 27 heavy (non-hydrogen) atoms. The second kappa shape index (κ2) is 7.95. The predicted molar refractivity (Wildman–Crippen MR) is 114 cm³/mol. The zero-order valence-corrected chi connectivity index (χ0v) is 17.9. The number of aryl methyl sites for hydroxylation is 1. The summed E-state index contributed by atoms with van der Waals surface area (Å²) in [5, 5.41) is 3.32. The van der Waals surface area contributed by atoms with Gasteiger partial charge in [0, 0.05) is 18.8 Å². The van der Waals surface area contributed by atoms with Crippen molar-refractivity contribution in [2.24, 2.45) is 7.05 Å². The highest BCUT2D eigenvalue weighted by atomic mass is 32.2. The number of fused-ring (bicyclic) bond motifs is 1. The zero-order valence-electron chi connectivity index (χ0n) is 15.5. The Morgan fingerprint density at radius 2 is 2.00 bits per heavy atom. The molecule has 0 aliphatic carbocycles. The van der Waals surface area contributed by atoms with E-state index >= 15 is 0 Å². The highest BCUT2D eigenvalue weighted by molar-refractivity contribution is 7.99. The van der Waals surface area contributed by atoms with Crippen molar-refractivity contribution in [1.29, 1.82) is 0 Å². The van der Waals surface area contributed by atoms with Crippen LogP contribution in [0.15, 0.2) is 34.2 Å². The van der Waals surface area contributed by atoms with Crippen LogP contribution in [0.4, 0.5) is 0 Å². The molecule has 0 atom stereocenters. The van der Waals surface area contributed by atoms with Crippen LogP contribution in [0.3, 0.4) is 0 Å². The lowest BCUT2D eigenvalue weighted by atomic mass is 10.2. The summed E-state index contributed by atoms with van der Waals surface area (Å²) in [5.74, 6) is 0.101. The summed E-state index contributed by atoms with van der Waals surface area (Å²) in [5.41, 5.74) is 2.38. The molecule has 0 spiro atoms. The van der Waals surface area contributed by atoms with Gasteiger partial charge in [0.25, 0.3) is 5.56 Å². The first-order valence-corrected chi connectivity index (χ1v) is 10.6. The van der Waals surface area contributed by atoms with E-state index in [4.69, 9.17) is 12.2 Å². The molecule has 0 unspecified atom stereocenters. The third-order valence-electron chi connectivity index (χ3n) is 3.85. The number of hydrogen-bond acceptors (Lipinski definition) is 6. The number of nitrogens with zero attached hydrogens (tertiary/aromatic N) is 3. The molecule has 3 rings (SSSR count). The molecule has 0 fully saturated rings. The van der Waals surface area contributed by atoms with Crippen molar-refractivity contribution < 1.29 is 4.79 Å². The number of benzene rings is 1. The molecule has 1 N–H and O–H groups in total. The van der Waals surface area contributed by atoms with Gasteiger partial charge in [0.2, 0.25) is 5.91 Å². The van der Waals surface area contributed by atoms with Crippen molar-refractivity contribution in [2.75, 3.05) is 5.75 Å². The lowest BCUT2D eigenvalue weighted by Crippen LogP contribution is -2.31. The van der Waals surface area contributed by atoms with E-state index in [2.05, 4.69) is 10.3 Å². The lowest BCUT2D eigenvalue weighted by molar-refractivity contribution is -0.119. The topological polar surface area (TPSA) is 68.9 Å². The lowest BCUT2D eigenvalue weighted by Gasteiger charge is -2.10. The quantitative estimate of drug-likeness (QED) is 0.389. The molecule has 0 saturated heterocycles. The van der Waals surface area contributed by atoms with E-state index in [1.165, 1.54) is 27.7 Å². The Kier molecular flexibility index (Phi) is 5.83. The third kappa shape index (κ3) is 4.15. The summed E-state index contributed by atoms with van der Waals surface area (Å²) in [6.07, 6.45) is 0. The fourth-order valence-corrected chi connectivity index (χ4v) is 4.68. The van der Waals surface area contributed by atoms with Gasteiger partial charge < -0.3 is 5.32 Å². The van der Waals surface area contributed by atoms with Crippen molar-refractivity contribution in [3.8, 4) is 5.69 Å². The Morgan fingerprint density at radius 3 is 2.63 bits per heavy atom. The Hall–Kier alpha value is -1.97. The Bertz CT molecular complexity index is 1110. The maximum Gasteiger partial charge on any atom is 0.273 e. The van der Waals surface area contributed by atoms with Gasteiger partial charge in [-0.1, -0.05) is 40.8 Å². The number of nitrogens with one attached hydrogen (secondary N) is 1. The molecular weight excluding hydrogens is 400 g/mol. The van der Waals surface area contributed by atoms with Gasteiger partial charge in [-0.3, -0.25) is 18.7 Å². The number of carbonyl (C=O) groups excluding carboxylic acids is 1. The molecule has 6 nitrogen and oxygen atoms in total. The first-order valence-electron chi connectivity index (χ1n) is 8.39. The van der Waals surface area contributed by atoms with Crippen LogP contribution < -0.4 is 10.9 Å². The first kappa shape index (κ1) is 19.8. The SMILES string of the molecule is Cc1ccc(-n2c(=S)sc3c(=O)n(C)c(SCC(=O)NC(C)C)nc32)cc1. The van der Waals surface area contributed by atoms with Gasteiger partial charge in [-0.05, 0) is 45.1 Å². The molecule has 1 amide bonds. The van der Waals surface area contributed by atoms with Crippen LogP contribution in [0.5, 0.6) is 0 Å². The van der Waals surface area contributed by atoms with Gasteiger partial charge >= 0.3 is 0 Å². The molecular formula is C18H20N4O2S3. The third-order valence-corrected chi connectivity index (χ3v) is 6.23. The highest BCUT2D eigenvalue weighted by Gasteiger charge is 2.17. The maximum absolute atomic E-state index is 12.8. The summed E-state index contributed by atoms with van der Waals surface area (Å²) < 4.78 is 4.37. The molecule has 0 radical (unpaired) electrons. The zero-order chi connectivity index (χ0) is 19.7. The van der Waals surface area contributed by atoms with Gasteiger partial charge in [-0.15, -0.1) is 0 Å². The minimum Gasteiger partial charge on any atom is -0.353 e. The minimum atomic E-state index is -0.159. The molecule has 3 aromatic rings. The number of aromatic nitrogens is 3. The molecule has 0 saturated carbocycles. The van der Waals surface area contributed by atoms with Crippen molar-refractivity contribution in [3.05, 3.63) is 44.1 Å². The number of thiazole rings is 1. The normalized spacial score (nSPS) is 11.3. The van der Waals surface area contributed by atoms with E-state index in [9.17, 15) is 9.59 Å². The van der Waals surface area contributed by atoms with Crippen LogP contribution in [-0.4, -0.2) is 31.8 Å². The minimum absolute atomic E-state index is 0.0701. The predicted octanol–water partition coefficient (Wildman–Crippen LogP) is 3.44. The van der Waals surface area contributed by atoms with Crippen LogP contribution in [0, 0.1) is 10.9 Å². The van der Waals surface area contributed by atoms with E-state index < -0.39 is 0 Å². The van der Waals surface area contributed by atoms with E-state index in [1.54, 1.807) is 7.05 Å². The van der Waals surface area contributed by atoms with Crippen molar-refractivity contribution in [2.45, 2.75) is 32.0 Å². The van der Waals surface area contributed by atoms with Crippen LogP contribution in [0.25, 0.3) is 16.0 Å². The number of hydrogen-bond donors (Lipinski definition) is 1. The van der Waals surface area contributed by atoms with Gasteiger partial charge in [0.1, 0.15) is 4.70 Å². The molecule has 0 bridgehead atoms. The summed E-state index contributed by atoms with van der Waals surface area (Å²) in [7, 11) is 1.66. The van der Waals surface area contributed by atoms with Gasteiger partial charge in [-0.25, -0.2) is 4.98 Å². The van der Waals surface area contributed by atoms with E-state index in [1.807, 2.05) is 49.6 Å². The molecule has 2 heterocycles. The van der Waals surface area contributed by atoms with E-state index in [0.717, 1.165) is 11.3 Å². The smallest absolute Gasteiger partial charge is 0.273 e. The average Bonchev–Trinajstić information content (AvgIpc) is 2.93. The van der Waals surface area contributed by atoms with Crippen LogP contribution in [-0.2, 0) is 11.8 Å². The maximum atomic E-state index is 12.8. The Balaban J connectivity index is 2.07. The number of amides is 1. The first-order chi connectivity index (χ1) is 12.8. The average molecular weight is 421 g/mol. The summed E-state index contributed by atoms with van der Waals surface area (Å²) in [6, 6.07) is 7.97. The second-order valence-corrected chi connectivity index (χ2v) is 9.05. The largest absolute Gasteiger partial charge is 0.353 e. The molecule has 142 valence electrons. The van der Waals surface area contributed by atoms with Crippen molar-refractivity contribution in [3.63, 3.8) is 0 Å². The van der Waals surface area contributed by atoms with Crippen molar-refractivity contribution in [1.82, 2.24) is 19.4 Å². The van der Waals surface area contributed by atoms with Gasteiger partial charge in [0.15, 0.2) is 14.8 Å². The Morgan fingerprint density at radius 1 is 1.33 bits per heavy atom. The fraction of sp³-hybridized carbons (Fsp3) is 0.333. The number of carbonyl (C=O) groups is 1. The van der Waals surface area contributed by atoms with E-state index in [-0.39, 0.29) is 23.3 Å². The standard InChI is InChI=1S/C18H20N4O2S3/c1-10(2)19-13(23)9-26-17-20-15-14(16(24)21(17)4)27-18(25)22(15)12-7-5-11(3)6-8-12/h5-8,10H,9H2,1-4H3,(H,19,23). The van der Waals surface area contributed by atoms with Crippen LogP contribution in [0.2, 0.25) is 0 Å². The summed E-state index contributed by atoms with van der Waals surface area (Å²) in [4.78, 5) is 29.4. The molecule has 1 aromatic carbocycles. The number of rotatable bonds is 5. The molecule has 2 aromatic heterocycles. The molecule has 0 aliphatic heterocycles. The Labute approximate surface area is 170 Å². The van der Waals surface area contributed by atoms with Gasteiger partial charge in [-0.2, -0.15) is 0 Å². The van der Waals surface area contributed by atoms with E-state index in [0.29, 0.717) is 19.5 Å². The van der Waals surface area contributed by atoms with Crippen LogP contribution in [0.1, 0.15) is 19.4 Å².